The van der Waals surface area contributed by atoms with Crippen LogP contribution in [0, 0.1) is 0 Å². The summed E-state index contributed by atoms with van der Waals surface area (Å²) < 4.78 is 1.12. The van der Waals surface area contributed by atoms with E-state index >= 15 is 0 Å². The highest BCUT2D eigenvalue weighted by Crippen LogP contribution is 2.53. The van der Waals surface area contributed by atoms with Crippen LogP contribution in [-0.2, 0) is 10.8 Å². The van der Waals surface area contributed by atoms with Crippen LogP contribution in [0.15, 0.2) is 150 Å². The minimum atomic E-state index is -1.47. The van der Waals surface area contributed by atoms with Crippen LogP contribution in [0.5, 0.6) is 0 Å². The van der Waals surface area contributed by atoms with Crippen LogP contribution >= 0.6 is 15.9 Å². The Hall–Kier alpha value is -4.62. The molecule has 238 valence electrons. The highest BCUT2D eigenvalue weighted by atomic mass is 79.9. The van der Waals surface area contributed by atoms with Crippen LogP contribution in [0.3, 0.4) is 0 Å². The van der Waals surface area contributed by atoms with Crippen LogP contribution in [0.1, 0.15) is 49.9 Å². The van der Waals surface area contributed by atoms with E-state index in [2.05, 4.69) is 163 Å². The number of hydrogen-bond donors (Lipinski definition) is 2. The lowest BCUT2D eigenvalue weighted by atomic mass is 9.70. The summed E-state index contributed by atoms with van der Waals surface area (Å²) in [6, 6.07) is 50.2. The third-order valence-electron chi connectivity index (χ3n) is 9.77. The summed E-state index contributed by atoms with van der Waals surface area (Å²) in [5, 5.41) is 19.2. The molecule has 0 spiro atoms. The fourth-order valence-electron chi connectivity index (χ4n) is 7.27. The van der Waals surface area contributed by atoms with E-state index in [1.54, 1.807) is 6.07 Å². The Kier molecular flexibility index (Phi) is 8.28. The fraction of sp³-hybridized carbons (Fsp3) is 0.143. The van der Waals surface area contributed by atoms with Crippen molar-refractivity contribution in [2.45, 2.75) is 38.5 Å². The van der Waals surface area contributed by atoms with Crippen molar-refractivity contribution >= 4 is 62.6 Å². The van der Waals surface area contributed by atoms with Gasteiger partial charge in [0.25, 0.3) is 0 Å². The second-order valence-corrected chi connectivity index (χ2v) is 14.4. The van der Waals surface area contributed by atoms with Crippen molar-refractivity contribution in [2.75, 3.05) is 9.80 Å². The van der Waals surface area contributed by atoms with Crippen molar-refractivity contribution in [3.8, 4) is 0 Å². The van der Waals surface area contributed by atoms with Gasteiger partial charge in [0.1, 0.15) is 0 Å². The van der Waals surface area contributed by atoms with Crippen molar-refractivity contribution in [1.29, 1.82) is 0 Å². The molecule has 0 unspecified atom stereocenters. The molecule has 4 nitrogen and oxygen atoms in total. The van der Waals surface area contributed by atoms with Crippen molar-refractivity contribution in [3.05, 3.63) is 172 Å². The van der Waals surface area contributed by atoms with E-state index in [0.29, 0.717) is 5.46 Å². The van der Waals surface area contributed by atoms with E-state index in [1.807, 2.05) is 30.3 Å². The first-order valence-corrected chi connectivity index (χ1v) is 17.1. The molecule has 6 heteroatoms. The van der Waals surface area contributed by atoms with E-state index in [-0.39, 0.29) is 10.8 Å². The first-order chi connectivity index (χ1) is 23.1. The Balaban J connectivity index is 0.000000152. The van der Waals surface area contributed by atoms with Crippen molar-refractivity contribution in [2.24, 2.45) is 0 Å². The maximum atomic E-state index is 9.62. The van der Waals surface area contributed by atoms with Crippen LogP contribution in [0.25, 0.3) is 0 Å². The zero-order valence-corrected chi connectivity index (χ0v) is 29.2. The number of nitrogens with zero attached hydrogens (tertiary/aromatic N) is 2. The molecule has 0 saturated carbocycles. The SMILES string of the molecule is CC1(C)c2ccccc2N(c2ccccc2)c2ccc(B(O)O)cc21.CC1(C)c2ccccc2N(c2ccccc2)c2ccc(Br)cc21. The lowest BCUT2D eigenvalue weighted by Gasteiger charge is -2.42. The highest BCUT2D eigenvalue weighted by molar-refractivity contribution is 9.10. The molecule has 0 saturated heterocycles. The van der Waals surface area contributed by atoms with Gasteiger partial charge < -0.3 is 19.8 Å². The molecule has 0 radical (unpaired) electrons. The van der Waals surface area contributed by atoms with Crippen LogP contribution < -0.4 is 15.3 Å². The zero-order valence-electron chi connectivity index (χ0n) is 27.6. The van der Waals surface area contributed by atoms with E-state index < -0.39 is 7.12 Å². The Bertz CT molecular complexity index is 2100. The summed E-state index contributed by atoms with van der Waals surface area (Å²) in [6.45, 7) is 8.97. The third-order valence-corrected chi connectivity index (χ3v) is 10.3. The predicted molar refractivity (Wildman–Crippen MR) is 204 cm³/mol. The lowest BCUT2D eigenvalue weighted by molar-refractivity contribution is 0.425. The van der Waals surface area contributed by atoms with Gasteiger partial charge in [-0.1, -0.05) is 129 Å². The molecule has 6 aromatic carbocycles. The van der Waals surface area contributed by atoms with Crippen LogP contribution in [0.4, 0.5) is 34.1 Å². The molecule has 0 fully saturated rings. The number of hydrogen-bond acceptors (Lipinski definition) is 4. The zero-order chi connectivity index (χ0) is 33.6. The Morgan fingerprint density at radius 3 is 1.33 bits per heavy atom. The number of anilines is 6. The molecule has 2 aliphatic rings. The minimum Gasteiger partial charge on any atom is -0.423 e. The van der Waals surface area contributed by atoms with Gasteiger partial charge in [0, 0.05) is 26.7 Å². The molecular formula is C42H38BBrN2O2. The van der Waals surface area contributed by atoms with E-state index in [4.69, 9.17) is 0 Å². The molecule has 48 heavy (non-hydrogen) atoms. The molecule has 2 N–H and O–H groups in total. The van der Waals surface area contributed by atoms with Crippen LogP contribution in [-0.4, -0.2) is 17.2 Å². The van der Waals surface area contributed by atoms with Gasteiger partial charge in [-0.05, 0) is 88.4 Å². The molecule has 0 amide bonds. The Labute approximate surface area is 292 Å². The van der Waals surface area contributed by atoms with Crippen LogP contribution in [0.2, 0.25) is 0 Å². The second-order valence-electron chi connectivity index (χ2n) is 13.4. The molecule has 0 bridgehead atoms. The lowest BCUT2D eigenvalue weighted by Crippen LogP contribution is -2.35. The first kappa shape index (κ1) is 32.0. The summed E-state index contributed by atoms with van der Waals surface area (Å²) >= 11 is 3.64. The molecule has 2 heterocycles. The first-order valence-electron chi connectivity index (χ1n) is 16.3. The molecule has 0 aromatic heterocycles. The Morgan fingerprint density at radius 2 is 0.854 bits per heavy atom. The molecule has 2 aliphatic heterocycles. The predicted octanol–water partition coefficient (Wildman–Crippen LogP) is 10.0. The van der Waals surface area contributed by atoms with Gasteiger partial charge in [0.05, 0.1) is 22.7 Å². The molecule has 6 aromatic rings. The largest absolute Gasteiger partial charge is 0.488 e. The normalized spacial score (nSPS) is 14.8. The fourth-order valence-corrected chi connectivity index (χ4v) is 7.63. The van der Waals surface area contributed by atoms with E-state index in [0.717, 1.165) is 27.1 Å². The molecule has 0 aliphatic carbocycles. The summed E-state index contributed by atoms with van der Waals surface area (Å²) in [5.41, 5.74) is 12.3. The Morgan fingerprint density at radius 1 is 0.458 bits per heavy atom. The summed E-state index contributed by atoms with van der Waals surface area (Å²) in [6.07, 6.45) is 0. The monoisotopic (exact) mass is 692 g/mol. The number of para-hydroxylation sites is 4. The number of benzene rings is 6. The number of rotatable bonds is 3. The van der Waals surface area contributed by atoms with Gasteiger partial charge in [-0.2, -0.15) is 0 Å². The second kappa shape index (κ2) is 12.4. The molecule has 8 rings (SSSR count). The summed E-state index contributed by atoms with van der Waals surface area (Å²) in [5.74, 6) is 0. The quantitative estimate of drug-likeness (QED) is 0.181. The van der Waals surface area contributed by atoms with Gasteiger partial charge in [0.15, 0.2) is 0 Å². The standard InChI is InChI=1S/C21H20BNO2.C21H18BrN/c1-21(2)17-10-6-7-11-19(17)23(16-8-4-3-5-9-16)20-13-12-15(22(24)25)14-18(20)21;1-21(2)17-10-6-7-11-19(17)23(16-8-4-3-5-9-16)20-13-12-15(22)14-18(20)21/h3-14,24-25H,1-2H3;3-14H,1-2H3. The van der Waals surface area contributed by atoms with Gasteiger partial charge in [-0.15, -0.1) is 0 Å². The summed E-state index contributed by atoms with van der Waals surface area (Å²) in [4.78, 5) is 4.60. The van der Waals surface area contributed by atoms with E-state index in [9.17, 15) is 10.0 Å². The molecular weight excluding hydrogens is 655 g/mol. The highest BCUT2D eigenvalue weighted by Gasteiger charge is 2.38. The van der Waals surface area contributed by atoms with E-state index in [1.165, 1.54) is 33.8 Å². The number of fused-ring (bicyclic) bond motifs is 4. The minimum absolute atomic E-state index is 0.0268. The average molecular weight is 693 g/mol. The van der Waals surface area contributed by atoms with Crippen molar-refractivity contribution in [1.82, 2.24) is 0 Å². The van der Waals surface area contributed by atoms with Gasteiger partial charge in [0.2, 0.25) is 0 Å². The van der Waals surface area contributed by atoms with Gasteiger partial charge >= 0.3 is 7.12 Å². The summed E-state index contributed by atoms with van der Waals surface area (Å²) in [7, 11) is -1.47. The van der Waals surface area contributed by atoms with Crippen molar-refractivity contribution < 1.29 is 10.0 Å². The molecule has 0 atom stereocenters. The topological polar surface area (TPSA) is 46.9 Å². The third kappa shape index (κ3) is 5.44. The maximum Gasteiger partial charge on any atom is 0.488 e. The smallest absolute Gasteiger partial charge is 0.423 e. The van der Waals surface area contributed by atoms with Gasteiger partial charge in [-0.3, -0.25) is 0 Å². The maximum absolute atomic E-state index is 9.62. The average Bonchev–Trinajstić information content (AvgIpc) is 3.10. The van der Waals surface area contributed by atoms with Crippen molar-refractivity contribution in [3.63, 3.8) is 0 Å². The number of halogens is 1. The van der Waals surface area contributed by atoms with Gasteiger partial charge in [-0.25, -0.2) is 0 Å².